The third-order valence-corrected chi connectivity index (χ3v) is 23.8. The van der Waals surface area contributed by atoms with Crippen molar-refractivity contribution in [3.05, 3.63) is 386 Å². The van der Waals surface area contributed by atoms with Crippen LogP contribution in [-0.4, -0.2) is 122 Å². The summed E-state index contributed by atoms with van der Waals surface area (Å²) in [5, 5.41) is 67.0. The summed E-state index contributed by atoms with van der Waals surface area (Å²) in [6.45, 7) is 22.3. The van der Waals surface area contributed by atoms with Crippen LogP contribution < -0.4 is 23.7 Å². The number of para-hydroxylation sites is 4. The number of rotatable bonds is 17. The number of pyridine rings is 4. The Hall–Kier alpha value is -16.0. The average Bonchev–Trinajstić information content (AvgIpc) is 1.60. The van der Waals surface area contributed by atoms with E-state index >= 15 is 0 Å². The summed E-state index contributed by atoms with van der Waals surface area (Å²) in [4.78, 5) is 22.3. The van der Waals surface area contributed by atoms with Crippen LogP contribution >= 0.6 is 0 Å². The topological polar surface area (TPSA) is 311 Å². The van der Waals surface area contributed by atoms with Crippen LogP contribution in [0.2, 0.25) is 0 Å². The minimum Gasteiger partial charge on any atom is -0.497 e. The molecule has 0 aliphatic heterocycles. The van der Waals surface area contributed by atoms with E-state index in [0.29, 0.717) is 87.7 Å². The summed E-state index contributed by atoms with van der Waals surface area (Å²) < 4.78 is 37.0. The molecule has 12 aromatic carbocycles. The molecule has 0 fully saturated rings. The molecule has 0 N–H and O–H groups in total. The fraction of sp³-hybridized carbons (Fsp3) is 0.122. The van der Waals surface area contributed by atoms with Crippen LogP contribution in [0, 0.1) is 83.1 Å². The third-order valence-electron chi connectivity index (χ3n) is 23.8. The molecule has 0 saturated carbocycles. The van der Waals surface area contributed by atoms with Gasteiger partial charge in [-0.2, -0.15) is 102 Å². The maximum atomic E-state index is 6.12. The van der Waals surface area contributed by atoms with Gasteiger partial charge in [0.2, 0.25) is 23.5 Å². The Balaban J connectivity index is 0.000000133. The predicted octanol–water partition coefficient (Wildman–Crippen LogP) is 24.0. The van der Waals surface area contributed by atoms with E-state index in [1.165, 1.54) is 6.33 Å². The summed E-state index contributed by atoms with van der Waals surface area (Å²) in [6, 6.07) is 117. The first-order chi connectivity index (χ1) is 69.6. The molecule has 0 radical (unpaired) electrons. The molecule has 0 aliphatic carbocycles. The van der Waals surface area contributed by atoms with E-state index in [2.05, 4.69) is 242 Å². The van der Waals surface area contributed by atoms with E-state index in [1.807, 2.05) is 245 Å². The molecule has 730 valence electrons. The Labute approximate surface area is 903 Å². The van der Waals surface area contributed by atoms with Gasteiger partial charge in [0.1, 0.15) is 5.75 Å². The molecular weight excluding hydrogens is 2560 g/mol. The fourth-order valence-electron chi connectivity index (χ4n) is 16.7. The van der Waals surface area contributed by atoms with Gasteiger partial charge < -0.3 is 23.7 Å². The van der Waals surface area contributed by atoms with Crippen molar-refractivity contribution in [3.8, 4) is 121 Å². The van der Waals surface area contributed by atoms with Gasteiger partial charge in [-0.15, -0.1) is 139 Å². The van der Waals surface area contributed by atoms with Crippen molar-refractivity contribution >= 4 is 87.2 Å². The minimum atomic E-state index is 0. The van der Waals surface area contributed by atoms with Gasteiger partial charge in [0.25, 0.3) is 23.8 Å². The molecule has 0 aliphatic rings. The molecule has 32 heteroatoms. The Morgan fingerprint density at radius 1 is 0.265 bits per heavy atom. The number of aryl methyl sites for hydroxylation is 5. The molecule has 24 aromatic rings. The van der Waals surface area contributed by atoms with E-state index in [4.69, 9.17) is 28.7 Å². The maximum Gasteiger partial charge on any atom is 2.00 e. The standard InChI is InChI=1S/C32H27N5O.C29H22N6O.C27H18N6O2.C27H18N6O.4Pt/c1-20-21(2)35-36-31(34-20)37-28-12-7-6-11-26(28)27-14-13-23(18-29(27)37)22-9-8-10-25(17-22)38-30-19-24(15-16-33-30)32(3,4)5;1-29(2,3)21-12-14-27(30-17-21)36-22-8-6-7-19(15-22)20-11-13-24-23-9-4-5-10-25(23)35(26(24)16-20)28-33-31-18-32-34-28;1-17-29-31-27(32-30-17)33-24-9-4-3-8-22(24)23-11-10-19(15-25(23)33)18-6-5-7-21(14-18)35-26-16-20(34-2)12-13-28-26;1-17-7-5-12-26(28-17)34-21-9-6-8-19(15-21)20-13-14-23-22-10-3-4-11-24(22)33(25(23)16-20)27-31-29-18(2)30-32-27;;;;/h6-16,19H,1-5H3;4-14,17-18H,1-3H3;3-13,16H,1-2H3;3-14H,1-2H3;;;;/q4*-2;4*+2. The number of hydrogen-bond acceptors (Lipinski definition) is 24. The van der Waals surface area contributed by atoms with Gasteiger partial charge in [0.05, 0.1) is 18.5 Å². The fourth-order valence-corrected chi connectivity index (χ4v) is 16.7. The van der Waals surface area contributed by atoms with Gasteiger partial charge in [-0.3, -0.25) is 18.3 Å². The smallest absolute Gasteiger partial charge is 0.497 e. The number of ether oxygens (including phenoxy) is 5. The molecule has 12 heterocycles. The first-order valence-electron chi connectivity index (χ1n) is 45.9. The maximum absolute atomic E-state index is 6.12. The number of benzene rings is 12. The van der Waals surface area contributed by atoms with Crippen molar-refractivity contribution in [3.63, 3.8) is 0 Å². The van der Waals surface area contributed by atoms with Crippen LogP contribution in [-0.2, 0) is 95.1 Å². The zero-order chi connectivity index (χ0) is 98.0. The Morgan fingerprint density at radius 2 is 0.619 bits per heavy atom. The first kappa shape index (κ1) is 102. The van der Waals surface area contributed by atoms with Crippen LogP contribution in [0.15, 0.2) is 298 Å². The number of fused-ring (bicyclic) bond motifs is 12. The second-order valence-corrected chi connectivity index (χ2v) is 35.6. The second-order valence-electron chi connectivity index (χ2n) is 35.6. The van der Waals surface area contributed by atoms with Crippen molar-refractivity contribution in [2.45, 2.75) is 87.0 Å². The van der Waals surface area contributed by atoms with Gasteiger partial charge in [0.15, 0.2) is 18.0 Å². The van der Waals surface area contributed by atoms with Crippen molar-refractivity contribution in [1.29, 1.82) is 0 Å². The van der Waals surface area contributed by atoms with Gasteiger partial charge in [-0.1, -0.05) is 148 Å². The van der Waals surface area contributed by atoms with Gasteiger partial charge in [-0.05, 0) is 143 Å². The quantitative estimate of drug-likeness (QED) is 0.0765. The second kappa shape index (κ2) is 44.3. The van der Waals surface area contributed by atoms with Gasteiger partial charge in [-0.25, -0.2) is 69.4 Å². The summed E-state index contributed by atoms with van der Waals surface area (Å²) in [6.07, 6.45) is 6.59. The van der Waals surface area contributed by atoms with Crippen LogP contribution in [0.1, 0.15) is 81.4 Å². The monoisotopic (exact) mass is 2650 g/mol. The average molecular weight is 2650 g/mol. The van der Waals surface area contributed by atoms with E-state index in [-0.39, 0.29) is 95.1 Å². The van der Waals surface area contributed by atoms with Crippen molar-refractivity contribution in [2.24, 2.45) is 0 Å². The summed E-state index contributed by atoms with van der Waals surface area (Å²) in [7, 11) is 1.60. The normalized spacial score (nSPS) is 11.2. The molecule has 12 aromatic heterocycles. The van der Waals surface area contributed by atoms with Crippen LogP contribution in [0.4, 0.5) is 0 Å². The molecule has 0 atom stereocenters. The molecule has 147 heavy (non-hydrogen) atoms. The molecule has 0 bridgehead atoms. The van der Waals surface area contributed by atoms with Crippen molar-refractivity contribution in [1.82, 2.24) is 115 Å². The molecule has 28 nitrogen and oxygen atoms in total. The van der Waals surface area contributed by atoms with E-state index in [0.717, 1.165) is 160 Å². The predicted molar refractivity (Wildman–Crippen MR) is 547 cm³/mol. The first-order valence-corrected chi connectivity index (χ1v) is 45.9. The van der Waals surface area contributed by atoms with Gasteiger partial charge >= 0.3 is 84.3 Å². The van der Waals surface area contributed by atoms with Crippen molar-refractivity contribution < 1.29 is 108 Å². The number of nitrogens with zero attached hydrogens (tertiary/aromatic N) is 23. The summed E-state index contributed by atoms with van der Waals surface area (Å²) >= 11 is 0. The van der Waals surface area contributed by atoms with Gasteiger partial charge in [0, 0.05) is 93.6 Å². The molecular formula is C115H85N23O5Pt4. The number of methoxy groups -OCH3 is 1. The Bertz CT molecular complexity index is 8910. The zero-order valence-corrected chi connectivity index (χ0v) is 90.0. The third kappa shape index (κ3) is 22.0. The SMILES string of the molecule is CC(C)(C)c1ccc(Oc2[c-]c(-c3[c-]c4c(cc3)c3ccccc3n4-c3nncnn3)ccc2)nc1.COc1ccnc(Oc2[c-]c(-c3[c-]c4c(cc3)c3ccccc3n4-c3nnc(C)nn3)ccc2)c1.Cc1cccc(Oc2[c-]c(-c3[c-]c4c(cc3)c3ccccc3n4-c3nnc(C)nn3)ccc2)n1.Cc1nnc(-n2c3[c-]c(-c4[c-]c(Oc5cc(C(C)(C)C)ccn5)ccc4)ccc3c3ccccc32)nc1C.[Pt+2].[Pt+2].[Pt+2].[Pt+2]. The Kier molecular flexibility index (Phi) is 30.9. The molecule has 0 spiro atoms. The van der Waals surface area contributed by atoms with Crippen molar-refractivity contribution in [2.75, 3.05) is 7.11 Å². The van der Waals surface area contributed by atoms with Crippen LogP contribution in [0.5, 0.6) is 52.3 Å². The molecule has 0 unspecified atom stereocenters. The van der Waals surface area contributed by atoms with E-state index in [9.17, 15) is 0 Å². The zero-order valence-electron chi connectivity index (χ0n) is 80.9. The molecule has 0 saturated heterocycles. The summed E-state index contributed by atoms with van der Waals surface area (Å²) in [5.41, 5.74) is 19.0. The Morgan fingerprint density at radius 3 is 1.00 bits per heavy atom. The van der Waals surface area contributed by atoms with Crippen LogP contribution in [0.3, 0.4) is 0 Å². The van der Waals surface area contributed by atoms with E-state index in [1.54, 1.807) is 45.5 Å². The molecule has 24 rings (SSSR count). The van der Waals surface area contributed by atoms with Crippen LogP contribution in [0.25, 0.3) is 156 Å². The number of hydrogen-bond donors (Lipinski definition) is 0. The largest absolute Gasteiger partial charge is 2.00 e. The summed E-state index contributed by atoms with van der Waals surface area (Å²) in [5.74, 6) is 7.72. The van der Waals surface area contributed by atoms with E-state index < -0.39 is 0 Å². The number of aromatic nitrogens is 23. The molecule has 0 amide bonds. The minimum absolute atomic E-state index is 0.